The maximum Gasteiger partial charge on any atom is 0.134 e. The van der Waals surface area contributed by atoms with E-state index in [0.29, 0.717) is 19.8 Å². The van der Waals surface area contributed by atoms with E-state index in [1.807, 2.05) is 63.2 Å². The number of fused-ring (bicyclic) bond motifs is 1. The molecule has 0 saturated carbocycles. The van der Waals surface area contributed by atoms with E-state index in [1.54, 1.807) is 0 Å². The average molecular weight is 365 g/mol. The molecule has 27 heavy (non-hydrogen) atoms. The molecule has 0 atom stereocenters. The highest BCUT2D eigenvalue weighted by atomic mass is 16.5. The van der Waals surface area contributed by atoms with Gasteiger partial charge in [-0.3, -0.25) is 0 Å². The van der Waals surface area contributed by atoms with Crippen LogP contribution in [0.3, 0.4) is 0 Å². The van der Waals surface area contributed by atoms with Crippen LogP contribution in [0.1, 0.15) is 30.7 Å². The third-order valence-electron chi connectivity index (χ3n) is 4.56. The number of aliphatic hydroxyl groups excluding tert-OH is 1. The van der Waals surface area contributed by atoms with Crippen LogP contribution in [0.25, 0.3) is 10.9 Å². The first kappa shape index (κ1) is 19.3. The topological polar surface area (TPSA) is 51.6 Å². The Labute approximate surface area is 160 Å². The summed E-state index contributed by atoms with van der Waals surface area (Å²) in [6.45, 7) is 7.43. The Morgan fingerprint density at radius 2 is 1.67 bits per heavy atom. The normalized spacial score (nSPS) is 11.7. The van der Waals surface area contributed by atoms with E-state index in [4.69, 9.17) is 14.5 Å². The molecular weight excluding hydrogens is 338 g/mol. The molecule has 1 N–H and O–H groups in total. The molecule has 0 bridgehead atoms. The molecule has 0 aliphatic rings. The molecule has 0 saturated heterocycles. The second-order valence-electron chi connectivity index (χ2n) is 7.62. The average Bonchev–Trinajstić information content (AvgIpc) is 2.68. The summed E-state index contributed by atoms with van der Waals surface area (Å²) in [7, 11) is 0. The van der Waals surface area contributed by atoms with Crippen LogP contribution in [0.4, 0.5) is 0 Å². The lowest BCUT2D eigenvalue weighted by Crippen LogP contribution is -2.23. The van der Waals surface area contributed by atoms with Crippen molar-refractivity contribution in [1.29, 1.82) is 0 Å². The summed E-state index contributed by atoms with van der Waals surface area (Å²) in [5.41, 5.74) is 3.61. The van der Waals surface area contributed by atoms with E-state index in [-0.39, 0.29) is 12.0 Å². The molecule has 2 aromatic carbocycles. The molecular formula is C23H27NO3. The molecule has 3 rings (SSSR count). The van der Waals surface area contributed by atoms with E-state index in [0.717, 1.165) is 33.5 Å². The van der Waals surface area contributed by atoms with Crippen molar-refractivity contribution >= 4 is 10.9 Å². The summed E-state index contributed by atoms with van der Waals surface area (Å²) < 4.78 is 12.1. The van der Waals surface area contributed by atoms with E-state index in [2.05, 4.69) is 12.1 Å². The van der Waals surface area contributed by atoms with Crippen LogP contribution in [0.5, 0.6) is 5.75 Å². The van der Waals surface area contributed by atoms with Crippen molar-refractivity contribution in [1.82, 2.24) is 4.98 Å². The Hall–Kier alpha value is -2.43. The predicted molar refractivity (Wildman–Crippen MR) is 108 cm³/mol. The first-order chi connectivity index (χ1) is 13.0. The molecule has 0 unspecified atom stereocenters. The van der Waals surface area contributed by atoms with Gasteiger partial charge >= 0.3 is 0 Å². The number of pyridine rings is 1. The van der Waals surface area contributed by atoms with Crippen LogP contribution in [0.15, 0.2) is 54.6 Å². The van der Waals surface area contributed by atoms with Crippen molar-refractivity contribution in [2.24, 2.45) is 5.41 Å². The minimum absolute atomic E-state index is 0.0859. The Balaban J connectivity index is 1.85. The highest BCUT2D eigenvalue weighted by molar-refractivity contribution is 5.86. The van der Waals surface area contributed by atoms with Gasteiger partial charge in [0.05, 0.1) is 31.0 Å². The number of para-hydroxylation sites is 1. The zero-order valence-electron chi connectivity index (χ0n) is 16.2. The summed E-state index contributed by atoms with van der Waals surface area (Å²) in [6, 6.07) is 18.1. The van der Waals surface area contributed by atoms with Gasteiger partial charge < -0.3 is 14.6 Å². The molecule has 0 amide bonds. The predicted octanol–water partition coefficient (Wildman–Crippen LogP) is 4.66. The number of hydrogen-bond acceptors (Lipinski definition) is 4. The van der Waals surface area contributed by atoms with E-state index in [9.17, 15) is 5.11 Å². The largest absolute Gasteiger partial charge is 0.488 e. The number of hydrogen-bond donors (Lipinski definition) is 1. The highest BCUT2D eigenvalue weighted by Gasteiger charge is 2.18. The summed E-state index contributed by atoms with van der Waals surface area (Å²) in [5, 5.41) is 10.4. The van der Waals surface area contributed by atoms with Crippen molar-refractivity contribution in [2.75, 3.05) is 13.2 Å². The van der Waals surface area contributed by atoms with Gasteiger partial charge in [-0.15, -0.1) is 0 Å². The van der Waals surface area contributed by atoms with Gasteiger partial charge in [0.1, 0.15) is 12.4 Å². The molecule has 142 valence electrons. The molecule has 0 spiro atoms. The second-order valence-corrected chi connectivity index (χ2v) is 7.62. The molecule has 0 radical (unpaired) electrons. The number of aliphatic hydroxyl groups is 1. The number of aromatic nitrogens is 1. The molecule has 0 fully saturated rings. The van der Waals surface area contributed by atoms with E-state index in [1.165, 1.54) is 0 Å². The molecule has 4 nitrogen and oxygen atoms in total. The lowest BCUT2D eigenvalue weighted by Gasteiger charge is -2.22. The molecule has 0 aliphatic carbocycles. The maximum absolute atomic E-state index is 9.39. The van der Waals surface area contributed by atoms with Gasteiger partial charge in [0.25, 0.3) is 0 Å². The Morgan fingerprint density at radius 1 is 0.963 bits per heavy atom. The van der Waals surface area contributed by atoms with Gasteiger partial charge in [0, 0.05) is 16.4 Å². The third kappa shape index (κ3) is 4.85. The van der Waals surface area contributed by atoms with Crippen molar-refractivity contribution < 1.29 is 14.6 Å². The van der Waals surface area contributed by atoms with Gasteiger partial charge in [-0.25, -0.2) is 4.98 Å². The van der Waals surface area contributed by atoms with Crippen LogP contribution in [-0.4, -0.2) is 23.3 Å². The summed E-state index contributed by atoms with van der Waals surface area (Å²) >= 11 is 0. The number of nitrogens with zero attached hydrogens (tertiary/aromatic N) is 1. The van der Waals surface area contributed by atoms with Crippen molar-refractivity contribution in [3.8, 4) is 5.75 Å². The van der Waals surface area contributed by atoms with Crippen LogP contribution in [0, 0.1) is 12.3 Å². The zero-order valence-corrected chi connectivity index (χ0v) is 16.2. The smallest absolute Gasteiger partial charge is 0.134 e. The maximum atomic E-state index is 9.39. The standard InChI is InChI=1S/C23H27NO3/c1-17-21(14-26-16-23(2,3)15-25)24-20-12-8-7-11-19(20)22(17)27-13-18-9-5-4-6-10-18/h4-12,25H,13-16H2,1-3H3. The second kappa shape index (κ2) is 8.51. The molecule has 1 aromatic heterocycles. The first-order valence-electron chi connectivity index (χ1n) is 9.24. The van der Waals surface area contributed by atoms with Crippen LogP contribution in [-0.2, 0) is 18.0 Å². The Bertz CT molecular complexity index is 891. The van der Waals surface area contributed by atoms with Gasteiger partial charge in [-0.05, 0) is 24.6 Å². The fraction of sp³-hybridized carbons (Fsp3) is 0.348. The number of ether oxygens (including phenoxy) is 2. The minimum atomic E-state index is -0.266. The number of rotatable bonds is 8. The zero-order chi connectivity index (χ0) is 19.3. The third-order valence-corrected chi connectivity index (χ3v) is 4.56. The summed E-state index contributed by atoms with van der Waals surface area (Å²) in [5.74, 6) is 0.851. The first-order valence-corrected chi connectivity index (χ1v) is 9.24. The monoisotopic (exact) mass is 365 g/mol. The summed E-state index contributed by atoms with van der Waals surface area (Å²) in [6.07, 6.45) is 0. The van der Waals surface area contributed by atoms with Crippen LogP contribution >= 0.6 is 0 Å². The van der Waals surface area contributed by atoms with Crippen LogP contribution in [0.2, 0.25) is 0 Å². The highest BCUT2D eigenvalue weighted by Crippen LogP contribution is 2.31. The van der Waals surface area contributed by atoms with E-state index >= 15 is 0 Å². The Morgan fingerprint density at radius 3 is 2.41 bits per heavy atom. The van der Waals surface area contributed by atoms with Crippen LogP contribution < -0.4 is 4.74 Å². The van der Waals surface area contributed by atoms with Crippen molar-refractivity contribution in [3.05, 3.63) is 71.4 Å². The SMILES string of the molecule is Cc1c(COCC(C)(C)CO)nc2ccccc2c1OCc1ccccc1. The molecule has 4 heteroatoms. The van der Waals surface area contributed by atoms with Gasteiger partial charge in [-0.1, -0.05) is 56.3 Å². The fourth-order valence-electron chi connectivity index (χ4n) is 2.85. The number of benzene rings is 2. The van der Waals surface area contributed by atoms with Gasteiger partial charge in [0.15, 0.2) is 0 Å². The van der Waals surface area contributed by atoms with Crippen molar-refractivity contribution in [3.63, 3.8) is 0 Å². The summed E-state index contributed by atoms with van der Waals surface area (Å²) in [4.78, 5) is 4.77. The van der Waals surface area contributed by atoms with Gasteiger partial charge in [0.2, 0.25) is 0 Å². The Kier molecular flexibility index (Phi) is 6.09. The fourth-order valence-corrected chi connectivity index (χ4v) is 2.85. The molecule has 0 aliphatic heterocycles. The lowest BCUT2D eigenvalue weighted by atomic mass is 9.96. The quantitative estimate of drug-likeness (QED) is 0.631. The molecule has 3 aromatic rings. The van der Waals surface area contributed by atoms with Gasteiger partial charge in [-0.2, -0.15) is 0 Å². The minimum Gasteiger partial charge on any atom is -0.488 e. The van der Waals surface area contributed by atoms with Crippen molar-refractivity contribution in [2.45, 2.75) is 34.0 Å². The van der Waals surface area contributed by atoms with E-state index < -0.39 is 0 Å². The lowest BCUT2D eigenvalue weighted by molar-refractivity contribution is 0.0184. The molecule has 1 heterocycles.